The van der Waals surface area contributed by atoms with Crippen LogP contribution in [0.25, 0.3) is 0 Å². The number of ether oxygens (including phenoxy) is 2. The van der Waals surface area contributed by atoms with Crippen molar-refractivity contribution in [3.8, 4) is 0 Å². The Labute approximate surface area is 232 Å². The van der Waals surface area contributed by atoms with E-state index >= 15 is 0 Å². The quantitative estimate of drug-likeness (QED) is 0.378. The summed E-state index contributed by atoms with van der Waals surface area (Å²) in [4.78, 5) is 37.8. The number of cyclic esters (lactones) is 1. The predicted octanol–water partition coefficient (Wildman–Crippen LogP) is 4.40. The van der Waals surface area contributed by atoms with Gasteiger partial charge in [0, 0.05) is 30.3 Å². The van der Waals surface area contributed by atoms with Gasteiger partial charge >= 0.3 is 11.9 Å². The summed E-state index contributed by atoms with van der Waals surface area (Å²) >= 11 is 0. The van der Waals surface area contributed by atoms with E-state index in [0.717, 1.165) is 19.3 Å². The van der Waals surface area contributed by atoms with E-state index in [4.69, 9.17) is 9.47 Å². The second-order valence-corrected chi connectivity index (χ2v) is 14.3. The van der Waals surface area contributed by atoms with Gasteiger partial charge in [-0.05, 0) is 78.6 Å². The summed E-state index contributed by atoms with van der Waals surface area (Å²) in [5, 5.41) is 22.9. The van der Waals surface area contributed by atoms with Crippen LogP contribution in [0.3, 0.4) is 0 Å². The number of allylic oxidation sites excluding steroid dienone is 1. The number of fused-ring (bicyclic) bond motifs is 2. The number of rotatable bonds is 6. The lowest BCUT2D eigenvalue weighted by atomic mass is 9.43. The van der Waals surface area contributed by atoms with Gasteiger partial charge in [-0.3, -0.25) is 9.59 Å². The first-order chi connectivity index (χ1) is 18.1. The lowest BCUT2D eigenvalue weighted by molar-refractivity contribution is -0.169. The lowest BCUT2D eigenvalue weighted by Crippen LogP contribution is -2.58. The van der Waals surface area contributed by atoms with Gasteiger partial charge in [-0.25, -0.2) is 4.79 Å². The van der Waals surface area contributed by atoms with Gasteiger partial charge in [-0.2, -0.15) is 0 Å². The fourth-order valence-corrected chi connectivity index (χ4v) is 10.5. The average Bonchev–Trinajstić information content (AvgIpc) is 3.47. The Bertz CT molecular complexity index is 1130. The van der Waals surface area contributed by atoms with E-state index in [1.807, 2.05) is 33.8 Å². The highest BCUT2D eigenvalue weighted by atomic mass is 16.5. The van der Waals surface area contributed by atoms with E-state index in [-0.39, 0.29) is 69.2 Å². The minimum absolute atomic E-state index is 0.0663. The van der Waals surface area contributed by atoms with Crippen LogP contribution in [0.15, 0.2) is 24.3 Å². The Kier molecular flexibility index (Phi) is 6.59. The molecule has 0 aromatic carbocycles. The first-order valence-electron chi connectivity index (χ1n) is 14.7. The summed E-state index contributed by atoms with van der Waals surface area (Å²) in [6.45, 7) is 17.4. The number of aliphatic hydroxyl groups excluding tert-OH is 2. The molecule has 1 aliphatic heterocycles. The van der Waals surface area contributed by atoms with Crippen LogP contribution in [0, 0.1) is 51.2 Å². The molecule has 4 saturated carbocycles. The summed E-state index contributed by atoms with van der Waals surface area (Å²) in [7, 11) is 0. The monoisotopic (exact) mass is 542 g/mol. The van der Waals surface area contributed by atoms with Crippen molar-refractivity contribution in [3.05, 3.63) is 24.3 Å². The number of carbonyl (C=O) groups is 3. The maximum Gasteiger partial charge on any atom is 0.330 e. The molecule has 0 aromatic heterocycles. The number of aliphatic hydroxyl groups is 2. The predicted molar refractivity (Wildman–Crippen MR) is 145 cm³/mol. The SMILES string of the molecule is C=C(C(=O)C(O)C(C)C1C(OC(C)=O)CC2(C)C3CC(O)C4C(C)OC(=O)C=CC45CC35CCC12C)C(C)C. The standard InChI is InChI=1S/C32H46O7/c1-16(2)17(3)27(36)28(37)18(4)25-22(39-20(6)33)14-30(8)23-13-21(34)26-19(5)38-24(35)9-10-32(26)15-31(23,32)12-11-29(25,30)7/h9-10,16,18-19,21-23,25-26,28,34,37H,3,11-15H2,1-2,4-8H3. The van der Waals surface area contributed by atoms with E-state index in [0.29, 0.717) is 18.4 Å². The number of hydrogen-bond acceptors (Lipinski definition) is 7. The van der Waals surface area contributed by atoms with Gasteiger partial charge in [0.1, 0.15) is 18.3 Å². The van der Waals surface area contributed by atoms with Gasteiger partial charge in [0.2, 0.25) is 0 Å². The van der Waals surface area contributed by atoms with Gasteiger partial charge in [0.05, 0.1) is 6.10 Å². The van der Waals surface area contributed by atoms with Crippen LogP contribution in [-0.4, -0.2) is 52.4 Å². The maximum atomic E-state index is 13.2. The van der Waals surface area contributed by atoms with Gasteiger partial charge < -0.3 is 19.7 Å². The molecule has 0 aromatic rings. The molecular formula is C32H46O7. The summed E-state index contributed by atoms with van der Waals surface area (Å²) in [5.41, 5.74) is -0.615. The number of esters is 2. The molecule has 0 bridgehead atoms. The first-order valence-corrected chi connectivity index (χ1v) is 14.7. The second-order valence-electron chi connectivity index (χ2n) is 14.3. The molecule has 0 radical (unpaired) electrons. The molecule has 216 valence electrons. The van der Waals surface area contributed by atoms with Crippen molar-refractivity contribution < 1.29 is 34.1 Å². The molecule has 12 unspecified atom stereocenters. The van der Waals surface area contributed by atoms with E-state index in [1.165, 1.54) is 6.92 Å². The summed E-state index contributed by atoms with van der Waals surface area (Å²) in [6.07, 6.45) is 4.78. The van der Waals surface area contributed by atoms with Gasteiger partial charge in [0.25, 0.3) is 0 Å². The molecule has 4 fully saturated rings. The van der Waals surface area contributed by atoms with Crippen LogP contribution in [-0.2, 0) is 23.9 Å². The van der Waals surface area contributed by atoms with Crippen molar-refractivity contribution in [2.75, 3.05) is 0 Å². The fraction of sp³-hybridized carbons (Fsp3) is 0.781. The second kappa shape index (κ2) is 9.01. The summed E-state index contributed by atoms with van der Waals surface area (Å²) < 4.78 is 11.6. The van der Waals surface area contributed by atoms with Crippen LogP contribution in [0.2, 0.25) is 0 Å². The first kappa shape index (κ1) is 28.5. The molecule has 5 rings (SSSR count). The van der Waals surface area contributed by atoms with Crippen molar-refractivity contribution in [1.82, 2.24) is 0 Å². The van der Waals surface area contributed by atoms with Gasteiger partial charge in [-0.1, -0.05) is 47.3 Å². The normalized spacial score (nSPS) is 47.5. The number of Topliss-reactive ketones (excluding diaryl/α,β-unsaturated/α-hetero) is 1. The number of hydrogen-bond donors (Lipinski definition) is 2. The van der Waals surface area contributed by atoms with E-state index in [1.54, 1.807) is 6.08 Å². The number of carbonyl (C=O) groups excluding carboxylic acids is 3. The lowest BCUT2D eigenvalue weighted by Gasteiger charge is -2.61. The van der Waals surface area contributed by atoms with Crippen LogP contribution in [0.5, 0.6) is 0 Å². The van der Waals surface area contributed by atoms with Crippen LogP contribution in [0.1, 0.15) is 80.6 Å². The molecule has 2 N–H and O–H groups in total. The molecule has 7 heteroatoms. The summed E-state index contributed by atoms with van der Waals surface area (Å²) in [6, 6.07) is 0. The van der Waals surface area contributed by atoms with Crippen LogP contribution < -0.4 is 0 Å². The van der Waals surface area contributed by atoms with Crippen molar-refractivity contribution in [3.63, 3.8) is 0 Å². The highest BCUT2D eigenvalue weighted by molar-refractivity contribution is 5.98. The third-order valence-electron chi connectivity index (χ3n) is 12.5. The van der Waals surface area contributed by atoms with Crippen LogP contribution >= 0.6 is 0 Å². The van der Waals surface area contributed by atoms with Crippen molar-refractivity contribution in [1.29, 1.82) is 0 Å². The highest BCUT2D eigenvalue weighted by Crippen LogP contribution is 2.86. The molecule has 39 heavy (non-hydrogen) atoms. The molecule has 12 atom stereocenters. The third kappa shape index (κ3) is 3.71. The Hall–Kier alpha value is -1.99. The van der Waals surface area contributed by atoms with Gasteiger partial charge in [0.15, 0.2) is 5.78 Å². The van der Waals surface area contributed by atoms with Crippen molar-refractivity contribution in [2.24, 2.45) is 51.2 Å². The Balaban J connectivity index is 1.55. The zero-order chi connectivity index (χ0) is 28.9. The molecule has 4 aliphatic carbocycles. The average molecular weight is 543 g/mol. The number of ketones is 1. The molecule has 7 nitrogen and oxygen atoms in total. The van der Waals surface area contributed by atoms with E-state index in [2.05, 4.69) is 20.4 Å². The molecule has 5 aliphatic rings. The minimum atomic E-state index is -1.24. The zero-order valence-electron chi connectivity index (χ0n) is 24.5. The van der Waals surface area contributed by atoms with E-state index < -0.39 is 24.2 Å². The van der Waals surface area contributed by atoms with E-state index in [9.17, 15) is 24.6 Å². The van der Waals surface area contributed by atoms with Gasteiger partial charge in [-0.15, -0.1) is 0 Å². The Morgan fingerprint density at radius 3 is 2.46 bits per heavy atom. The topological polar surface area (TPSA) is 110 Å². The molecule has 0 amide bonds. The fourth-order valence-electron chi connectivity index (χ4n) is 10.5. The smallest absolute Gasteiger partial charge is 0.330 e. The van der Waals surface area contributed by atoms with Crippen molar-refractivity contribution in [2.45, 2.75) is 105 Å². The molecule has 2 spiro atoms. The zero-order valence-corrected chi connectivity index (χ0v) is 24.5. The van der Waals surface area contributed by atoms with Crippen molar-refractivity contribution >= 4 is 17.7 Å². The molecular weight excluding hydrogens is 496 g/mol. The minimum Gasteiger partial charge on any atom is -0.462 e. The maximum absolute atomic E-state index is 13.2. The van der Waals surface area contributed by atoms with Crippen LogP contribution in [0.4, 0.5) is 0 Å². The molecule has 1 heterocycles. The largest absolute Gasteiger partial charge is 0.462 e. The Morgan fingerprint density at radius 2 is 1.85 bits per heavy atom. The highest BCUT2D eigenvalue weighted by Gasteiger charge is 2.83. The summed E-state index contributed by atoms with van der Waals surface area (Å²) in [5.74, 6) is -1.83. The third-order valence-corrected chi connectivity index (χ3v) is 12.5. The Morgan fingerprint density at radius 1 is 1.18 bits per heavy atom. The molecule has 0 saturated heterocycles.